The van der Waals surface area contributed by atoms with E-state index >= 15 is 0 Å². The van der Waals surface area contributed by atoms with Gasteiger partial charge in [-0.25, -0.2) is 0 Å². The van der Waals surface area contributed by atoms with Gasteiger partial charge in [0.2, 0.25) is 0 Å². The molecule has 0 unspecified atom stereocenters. The topological polar surface area (TPSA) is 44.5 Å². The van der Waals surface area contributed by atoms with Gasteiger partial charge in [0.05, 0.1) is 6.61 Å². The fourth-order valence-electron chi connectivity index (χ4n) is 1.16. The van der Waals surface area contributed by atoms with Crippen LogP contribution in [-0.2, 0) is 4.74 Å². The van der Waals surface area contributed by atoms with Crippen molar-refractivity contribution in [1.82, 2.24) is 0 Å². The number of benzene rings is 1. The van der Waals surface area contributed by atoms with E-state index in [1.165, 1.54) is 0 Å². The minimum absolute atomic E-state index is 0.518. The van der Waals surface area contributed by atoms with E-state index in [0.29, 0.717) is 19.8 Å². The summed E-state index contributed by atoms with van der Waals surface area (Å²) in [5, 5.41) is 0. The summed E-state index contributed by atoms with van der Waals surface area (Å²) >= 11 is 0. The number of rotatable bonds is 5. The third-order valence-corrected chi connectivity index (χ3v) is 1.88. The molecule has 0 amide bonds. The van der Waals surface area contributed by atoms with Gasteiger partial charge in [0.25, 0.3) is 0 Å². The van der Waals surface area contributed by atoms with Crippen LogP contribution in [0.4, 0.5) is 0 Å². The third-order valence-electron chi connectivity index (χ3n) is 1.88. The van der Waals surface area contributed by atoms with Gasteiger partial charge in [0, 0.05) is 25.6 Å². The van der Waals surface area contributed by atoms with Crippen LogP contribution in [0.1, 0.15) is 12.0 Å². The highest BCUT2D eigenvalue weighted by molar-refractivity contribution is 5.39. The molecule has 0 aliphatic rings. The van der Waals surface area contributed by atoms with Crippen LogP contribution in [0.25, 0.3) is 0 Å². The number of methoxy groups -OCH3 is 1. The second-order valence-corrected chi connectivity index (χ2v) is 3.21. The second kappa shape index (κ2) is 7.75. The van der Waals surface area contributed by atoms with Crippen molar-refractivity contribution >= 4 is 0 Å². The molecule has 2 N–H and O–H groups in total. The van der Waals surface area contributed by atoms with Crippen molar-refractivity contribution in [2.45, 2.75) is 6.42 Å². The second-order valence-electron chi connectivity index (χ2n) is 3.21. The van der Waals surface area contributed by atoms with E-state index < -0.39 is 0 Å². The van der Waals surface area contributed by atoms with Gasteiger partial charge in [-0.05, 0) is 18.2 Å². The summed E-state index contributed by atoms with van der Waals surface area (Å²) in [7, 11) is 1.67. The summed E-state index contributed by atoms with van der Waals surface area (Å²) in [5.41, 5.74) is 6.31. The van der Waals surface area contributed by atoms with E-state index in [1.807, 2.05) is 24.3 Å². The number of hydrogen-bond acceptors (Lipinski definition) is 3. The Bertz CT molecular complexity index is 366. The van der Waals surface area contributed by atoms with Crippen LogP contribution >= 0.6 is 0 Å². The normalized spacial score (nSPS) is 9.38. The molecule has 16 heavy (non-hydrogen) atoms. The SMILES string of the molecule is COCCC#Cc1cccc(OCCN)c1. The lowest BCUT2D eigenvalue weighted by Gasteiger charge is -2.03. The van der Waals surface area contributed by atoms with E-state index in [4.69, 9.17) is 15.2 Å². The zero-order valence-electron chi connectivity index (χ0n) is 9.53. The molecule has 0 bridgehead atoms. The molecule has 0 aliphatic heterocycles. The average molecular weight is 219 g/mol. The molecule has 1 aromatic rings. The summed E-state index contributed by atoms with van der Waals surface area (Å²) in [6.07, 6.45) is 0.740. The maximum absolute atomic E-state index is 5.41. The van der Waals surface area contributed by atoms with Crippen molar-refractivity contribution in [3.05, 3.63) is 29.8 Å². The van der Waals surface area contributed by atoms with E-state index in [0.717, 1.165) is 17.7 Å². The molecule has 0 aromatic heterocycles. The van der Waals surface area contributed by atoms with Crippen molar-refractivity contribution < 1.29 is 9.47 Å². The van der Waals surface area contributed by atoms with Gasteiger partial charge in [0.15, 0.2) is 0 Å². The zero-order valence-corrected chi connectivity index (χ0v) is 9.53. The highest BCUT2D eigenvalue weighted by Gasteiger charge is 1.93. The smallest absolute Gasteiger partial charge is 0.120 e. The van der Waals surface area contributed by atoms with Crippen LogP contribution in [-0.4, -0.2) is 26.9 Å². The highest BCUT2D eigenvalue weighted by atomic mass is 16.5. The molecule has 0 spiro atoms. The van der Waals surface area contributed by atoms with Gasteiger partial charge in [-0.1, -0.05) is 17.9 Å². The fraction of sp³-hybridized carbons (Fsp3) is 0.385. The average Bonchev–Trinajstić information content (AvgIpc) is 2.33. The van der Waals surface area contributed by atoms with Crippen LogP contribution in [0, 0.1) is 11.8 Å². The maximum Gasteiger partial charge on any atom is 0.120 e. The first-order chi connectivity index (χ1) is 7.86. The lowest BCUT2D eigenvalue weighted by Crippen LogP contribution is -2.10. The first-order valence-corrected chi connectivity index (χ1v) is 5.27. The predicted molar refractivity (Wildman–Crippen MR) is 64.4 cm³/mol. The van der Waals surface area contributed by atoms with E-state index in [1.54, 1.807) is 7.11 Å². The molecule has 1 aromatic carbocycles. The summed E-state index contributed by atoms with van der Waals surface area (Å²) in [4.78, 5) is 0. The van der Waals surface area contributed by atoms with E-state index in [-0.39, 0.29) is 0 Å². The Morgan fingerprint density at radius 2 is 2.19 bits per heavy atom. The molecule has 1 rings (SSSR count). The van der Waals surface area contributed by atoms with Gasteiger partial charge in [-0.3, -0.25) is 0 Å². The Kier molecular flexibility index (Phi) is 6.09. The molecule has 0 aliphatic carbocycles. The van der Waals surface area contributed by atoms with Gasteiger partial charge in [0.1, 0.15) is 12.4 Å². The minimum Gasteiger partial charge on any atom is -0.492 e. The first-order valence-electron chi connectivity index (χ1n) is 5.27. The number of hydrogen-bond donors (Lipinski definition) is 1. The van der Waals surface area contributed by atoms with Crippen LogP contribution in [0.5, 0.6) is 5.75 Å². The zero-order chi connectivity index (χ0) is 11.6. The Hall–Kier alpha value is -1.50. The molecule has 0 heterocycles. The molecule has 0 fully saturated rings. The maximum atomic E-state index is 5.41. The molecule has 3 heteroatoms. The van der Waals surface area contributed by atoms with Crippen LogP contribution in [0.15, 0.2) is 24.3 Å². The number of nitrogens with two attached hydrogens (primary N) is 1. The lowest BCUT2D eigenvalue weighted by atomic mass is 10.2. The van der Waals surface area contributed by atoms with Crippen LogP contribution < -0.4 is 10.5 Å². The molecule has 0 saturated carbocycles. The van der Waals surface area contributed by atoms with E-state index in [9.17, 15) is 0 Å². The largest absolute Gasteiger partial charge is 0.492 e. The predicted octanol–water partition coefficient (Wildman–Crippen LogP) is 1.41. The van der Waals surface area contributed by atoms with Crippen molar-refractivity contribution in [2.24, 2.45) is 5.73 Å². The van der Waals surface area contributed by atoms with Crippen molar-refractivity contribution in [3.8, 4) is 17.6 Å². The van der Waals surface area contributed by atoms with Gasteiger partial charge in [-0.2, -0.15) is 0 Å². The minimum atomic E-state index is 0.518. The molecule has 0 atom stereocenters. The summed E-state index contributed by atoms with van der Waals surface area (Å²) in [6.45, 7) is 1.71. The Labute approximate surface area is 96.6 Å². The summed E-state index contributed by atoms with van der Waals surface area (Å²) in [5.74, 6) is 6.89. The third kappa shape index (κ3) is 4.83. The Morgan fingerprint density at radius 3 is 2.94 bits per heavy atom. The molecule has 86 valence electrons. The quantitative estimate of drug-likeness (QED) is 0.601. The molecular formula is C13H17NO2. The first kappa shape index (κ1) is 12.6. The van der Waals surface area contributed by atoms with Crippen LogP contribution in [0.3, 0.4) is 0 Å². The molecular weight excluding hydrogens is 202 g/mol. The van der Waals surface area contributed by atoms with Crippen molar-refractivity contribution in [2.75, 3.05) is 26.9 Å². The Balaban J connectivity index is 2.55. The monoisotopic (exact) mass is 219 g/mol. The Morgan fingerprint density at radius 1 is 1.31 bits per heavy atom. The van der Waals surface area contributed by atoms with Gasteiger partial charge in [-0.15, -0.1) is 0 Å². The molecule has 3 nitrogen and oxygen atoms in total. The van der Waals surface area contributed by atoms with Crippen molar-refractivity contribution in [1.29, 1.82) is 0 Å². The summed E-state index contributed by atoms with van der Waals surface area (Å²) in [6, 6.07) is 7.69. The molecule has 0 saturated heterocycles. The number of ether oxygens (including phenoxy) is 2. The van der Waals surface area contributed by atoms with Gasteiger partial charge < -0.3 is 15.2 Å². The van der Waals surface area contributed by atoms with E-state index in [2.05, 4.69) is 11.8 Å². The van der Waals surface area contributed by atoms with Crippen LogP contribution in [0.2, 0.25) is 0 Å². The highest BCUT2D eigenvalue weighted by Crippen LogP contribution is 2.12. The standard InChI is InChI=1S/C13H17NO2/c1-15-9-3-2-5-12-6-4-7-13(11-12)16-10-8-14/h4,6-7,11H,3,8-10,14H2,1H3. The van der Waals surface area contributed by atoms with Gasteiger partial charge >= 0.3 is 0 Å². The summed E-state index contributed by atoms with van der Waals surface area (Å²) < 4.78 is 10.3. The van der Waals surface area contributed by atoms with Crippen molar-refractivity contribution in [3.63, 3.8) is 0 Å². The fourth-order valence-corrected chi connectivity index (χ4v) is 1.16. The lowest BCUT2D eigenvalue weighted by molar-refractivity contribution is 0.206. The molecule has 0 radical (unpaired) electrons.